The van der Waals surface area contributed by atoms with Crippen LogP contribution in [0.5, 0.6) is 17.2 Å². The predicted octanol–water partition coefficient (Wildman–Crippen LogP) is 5.43. The number of benzene rings is 4. The molecule has 5 rings (SSSR count). The summed E-state index contributed by atoms with van der Waals surface area (Å²) in [7, 11) is 1.55. The van der Waals surface area contributed by atoms with Crippen LogP contribution < -0.4 is 24.4 Å². The summed E-state index contributed by atoms with van der Waals surface area (Å²) in [5.41, 5.74) is 1.50. The number of barbiturate groups is 1. The number of carbonyl (C=O) groups excluding carboxylic acids is 3. The van der Waals surface area contributed by atoms with Crippen LogP contribution in [-0.4, -0.2) is 29.9 Å². The van der Waals surface area contributed by atoms with E-state index in [-0.39, 0.29) is 23.6 Å². The molecule has 0 spiro atoms. The van der Waals surface area contributed by atoms with E-state index in [1.807, 2.05) is 36.4 Å². The van der Waals surface area contributed by atoms with Crippen LogP contribution in [0.1, 0.15) is 16.7 Å². The highest BCUT2D eigenvalue weighted by Gasteiger charge is 2.37. The van der Waals surface area contributed by atoms with Crippen molar-refractivity contribution in [2.24, 2.45) is 0 Å². The summed E-state index contributed by atoms with van der Waals surface area (Å²) in [4.78, 5) is 49.8. The van der Waals surface area contributed by atoms with Crippen LogP contribution in [0.2, 0.25) is 0 Å². The number of amides is 4. The Kier molecular flexibility index (Phi) is 8.43. The van der Waals surface area contributed by atoms with Crippen LogP contribution in [0.3, 0.4) is 0 Å². The molecule has 0 saturated carbocycles. The fourth-order valence-electron chi connectivity index (χ4n) is 4.34. The molecule has 43 heavy (non-hydrogen) atoms. The van der Waals surface area contributed by atoms with Gasteiger partial charge in [-0.15, -0.1) is 0 Å². The average molecular weight is 580 g/mol. The number of para-hydroxylation sites is 1. The van der Waals surface area contributed by atoms with E-state index < -0.39 is 22.8 Å². The van der Waals surface area contributed by atoms with Crippen molar-refractivity contribution in [3.8, 4) is 17.2 Å². The molecular formula is C32H25N3O8. The van der Waals surface area contributed by atoms with Gasteiger partial charge in [0.2, 0.25) is 0 Å². The smallest absolute Gasteiger partial charge is 0.335 e. The average Bonchev–Trinajstić information content (AvgIpc) is 3.02. The number of rotatable bonds is 10. The quantitative estimate of drug-likeness (QED) is 0.114. The van der Waals surface area contributed by atoms with E-state index in [1.165, 1.54) is 24.3 Å². The Morgan fingerprint density at radius 2 is 1.51 bits per heavy atom. The minimum absolute atomic E-state index is 0.0511. The fraction of sp³-hybridized carbons (Fsp3) is 0.0938. The van der Waals surface area contributed by atoms with Crippen molar-refractivity contribution < 1.29 is 33.5 Å². The molecule has 0 atom stereocenters. The van der Waals surface area contributed by atoms with Crippen molar-refractivity contribution >= 4 is 35.3 Å². The lowest BCUT2D eigenvalue weighted by molar-refractivity contribution is -0.384. The fourth-order valence-corrected chi connectivity index (χ4v) is 4.34. The number of non-ortho nitro benzene ring substituents is 1. The first-order valence-corrected chi connectivity index (χ1v) is 13.1. The Bertz CT molecular complexity index is 1740. The highest BCUT2D eigenvalue weighted by Crippen LogP contribution is 2.31. The molecular weight excluding hydrogens is 554 g/mol. The molecule has 0 unspecified atom stereocenters. The third kappa shape index (κ3) is 6.51. The molecule has 4 aromatic carbocycles. The van der Waals surface area contributed by atoms with Gasteiger partial charge in [-0.05, 0) is 41.5 Å². The second-order valence-electron chi connectivity index (χ2n) is 9.32. The second kappa shape index (κ2) is 12.7. The number of nitro groups is 1. The minimum Gasteiger partial charge on any atom is -0.493 e. The Labute approximate surface area is 246 Å². The monoisotopic (exact) mass is 579 g/mol. The third-order valence-corrected chi connectivity index (χ3v) is 6.48. The van der Waals surface area contributed by atoms with E-state index in [0.717, 1.165) is 17.2 Å². The molecule has 11 heteroatoms. The molecule has 4 aromatic rings. The Morgan fingerprint density at radius 1 is 0.791 bits per heavy atom. The van der Waals surface area contributed by atoms with E-state index in [4.69, 9.17) is 14.2 Å². The van der Waals surface area contributed by atoms with Crippen molar-refractivity contribution in [1.29, 1.82) is 0 Å². The standard InChI is InChI=1S/C32H25N3O8/c1-41-29-16-22(14-15-28(29)43-19-21-8-3-2-4-9-21)20-42-27-13-6-5-10-23(27)17-26-30(36)33-32(38)34(31(26)37)24-11-7-12-25(18-24)35(39)40/h2-18H,19-20H2,1H3,(H,33,36,38)/b26-17-. The first-order valence-electron chi connectivity index (χ1n) is 13.1. The lowest BCUT2D eigenvalue weighted by Gasteiger charge is -2.26. The summed E-state index contributed by atoms with van der Waals surface area (Å²) in [6, 6.07) is 25.9. The molecule has 1 N–H and O–H groups in total. The van der Waals surface area contributed by atoms with Gasteiger partial charge in [0.1, 0.15) is 24.5 Å². The van der Waals surface area contributed by atoms with E-state index in [1.54, 1.807) is 43.5 Å². The summed E-state index contributed by atoms with van der Waals surface area (Å²) in [6.07, 6.45) is 1.31. The van der Waals surface area contributed by atoms with Gasteiger partial charge >= 0.3 is 6.03 Å². The summed E-state index contributed by atoms with van der Waals surface area (Å²) in [6.45, 7) is 0.513. The molecule has 4 amide bonds. The first-order chi connectivity index (χ1) is 20.8. The van der Waals surface area contributed by atoms with Gasteiger partial charge in [0.25, 0.3) is 17.5 Å². The van der Waals surface area contributed by atoms with Gasteiger partial charge in [-0.2, -0.15) is 0 Å². The van der Waals surface area contributed by atoms with Crippen molar-refractivity contribution in [2.45, 2.75) is 13.2 Å². The summed E-state index contributed by atoms with van der Waals surface area (Å²) in [5, 5.41) is 13.3. The van der Waals surface area contributed by atoms with Crippen molar-refractivity contribution in [2.75, 3.05) is 12.0 Å². The van der Waals surface area contributed by atoms with Crippen LogP contribution in [0.4, 0.5) is 16.2 Å². The van der Waals surface area contributed by atoms with Gasteiger partial charge in [-0.3, -0.25) is 25.0 Å². The van der Waals surface area contributed by atoms with E-state index in [0.29, 0.717) is 34.3 Å². The summed E-state index contributed by atoms with van der Waals surface area (Å²) >= 11 is 0. The molecule has 1 saturated heterocycles. The zero-order valence-corrected chi connectivity index (χ0v) is 22.9. The van der Waals surface area contributed by atoms with Crippen LogP contribution in [0.15, 0.2) is 103 Å². The van der Waals surface area contributed by atoms with Crippen molar-refractivity contribution in [3.05, 3.63) is 129 Å². The minimum atomic E-state index is -1.01. The topological polar surface area (TPSA) is 137 Å². The highest BCUT2D eigenvalue weighted by molar-refractivity contribution is 6.39. The number of imide groups is 2. The maximum Gasteiger partial charge on any atom is 0.335 e. The van der Waals surface area contributed by atoms with Gasteiger partial charge in [-0.1, -0.05) is 60.7 Å². The maximum atomic E-state index is 13.3. The molecule has 216 valence electrons. The van der Waals surface area contributed by atoms with Crippen LogP contribution >= 0.6 is 0 Å². The zero-order valence-electron chi connectivity index (χ0n) is 22.9. The number of methoxy groups -OCH3 is 1. The van der Waals surface area contributed by atoms with Gasteiger partial charge in [0.05, 0.1) is 17.7 Å². The zero-order chi connectivity index (χ0) is 30.3. The Balaban J connectivity index is 1.34. The van der Waals surface area contributed by atoms with Crippen LogP contribution in [0, 0.1) is 10.1 Å². The van der Waals surface area contributed by atoms with Gasteiger partial charge in [-0.25, -0.2) is 9.69 Å². The molecule has 1 aliphatic heterocycles. The van der Waals surface area contributed by atoms with E-state index in [9.17, 15) is 24.5 Å². The molecule has 0 aliphatic carbocycles. The predicted molar refractivity (Wildman–Crippen MR) is 157 cm³/mol. The summed E-state index contributed by atoms with van der Waals surface area (Å²) in [5.74, 6) is -0.354. The van der Waals surface area contributed by atoms with E-state index in [2.05, 4.69) is 5.32 Å². The number of nitro benzene ring substituents is 1. The number of ether oxygens (including phenoxy) is 3. The van der Waals surface area contributed by atoms with E-state index >= 15 is 0 Å². The van der Waals surface area contributed by atoms with Gasteiger partial charge < -0.3 is 14.2 Å². The molecule has 1 aliphatic rings. The highest BCUT2D eigenvalue weighted by atomic mass is 16.6. The number of nitrogens with zero attached hydrogens (tertiary/aromatic N) is 2. The summed E-state index contributed by atoms with van der Waals surface area (Å²) < 4.78 is 17.5. The molecule has 1 heterocycles. The normalized spacial score (nSPS) is 13.9. The number of carbonyl (C=O) groups is 3. The van der Waals surface area contributed by atoms with Gasteiger partial charge in [0, 0.05) is 17.7 Å². The molecule has 0 aromatic heterocycles. The Hall–Kier alpha value is -5.97. The third-order valence-electron chi connectivity index (χ3n) is 6.48. The first kappa shape index (κ1) is 28.6. The number of hydrogen-bond acceptors (Lipinski definition) is 8. The number of anilines is 1. The molecule has 0 bridgehead atoms. The SMILES string of the molecule is COc1cc(COc2ccccc2/C=C2/C(=O)NC(=O)N(c3cccc([N+](=O)[O-])c3)C2=O)ccc1OCc1ccccc1. The largest absolute Gasteiger partial charge is 0.493 e. The molecule has 11 nitrogen and oxygen atoms in total. The number of hydrogen-bond donors (Lipinski definition) is 1. The second-order valence-corrected chi connectivity index (χ2v) is 9.32. The number of nitrogens with one attached hydrogen (secondary N) is 1. The van der Waals surface area contributed by atoms with Crippen molar-refractivity contribution in [3.63, 3.8) is 0 Å². The van der Waals surface area contributed by atoms with Crippen molar-refractivity contribution in [1.82, 2.24) is 5.32 Å². The lowest BCUT2D eigenvalue weighted by Crippen LogP contribution is -2.54. The maximum absolute atomic E-state index is 13.3. The lowest BCUT2D eigenvalue weighted by atomic mass is 10.1. The van der Waals surface area contributed by atoms with Crippen LogP contribution in [0.25, 0.3) is 6.08 Å². The molecule has 0 radical (unpaired) electrons. The van der Waals surface area contributed by atoms with Gasteiger partial charge in [0.15, 0.2) is 11.5 Å². The number of urea groups is 1. The Morgan fingerprint density at radius 3 is 2.28 bits per heavy atom. The molecule has 1 fully saturated rings. The van der Waals surface area contributed by atoms with Crippen LogP contribution in [-0.2, 0) is 22.8 Å².